The van der Waals surface area contributed by atoms with Gasteiger partial charge in [-0.05, 0) is 30.5 Å². The third-order valence-corrected chi connectivity index (χ3v) is 3.83. The normalized spacial score (nSPS) is 11.1. The molecule has 1 amide bonds. The van der Waals surface area contributed by atoms with Crippen molar-refractivity contribution in [3.8, 4) is 5.75 Å². The Labute approximate surface area is 129 Å². The molecule has 0 fully saturated rings. The molecule has 1 aromatic rings. The zero-order valence-corrected chi connectivity index (χ0v) is 13.1. The lowest BCUT2D eigenvalue weighted by Crippen LogP contribution is -2.49. The number of aliphatic carboxylic acids is 1. The summed E-state index contributed by atoms with van der Waals surface area (Å²) in [4.78, 5) is 23.1. The highest BCUT2D eigenvalue weighted by Crippen LogP contribution is 2.21. The lowest BCUT2D eigenvalue weighted by atomic mass is 9.88. The molecule has 0 saturated carbocycles. The monoisotopic (exact) mass is 311 g/mol. The fourth-order valence-corrected chi connectivity index (χ4v) is 2.36. The maximum Gasteiger partial charge on any atom is 0.305 e. The summed E-state index contributed by atoms with van der Waals surface area (Å²) in [6.45, 7) is 3.67. The van der Waals surface area contributed by atoms with Gasteiger partial charge in [-0.3, -0.25) is 9.59 Å². The van der Waals surface area contributed by atoms with Crippen molar-refractivity contribution in [2.24, 2.45) is 0 Å². The van der Waals surface area contributed by atoms with Gasteiger partial charge in [0.1, 0.15) is 0 Å². The van der Waals surface area contributed by atoms with Crippen molar-refractivity contribution in [2.75, 3.05) is 7.11 Å². The summed E-state index contributed by atoms with van der Waals surface area (Å²) in [6.07, 6.45) is 0.877. The van der Waals surface area contributed by atoms with Gasteiger partial charge in [0, 0.05) is 5.54 Å². The maximum atomic E-state index is 13.6. The van der Waals surface area contributed by atoms with Gasteiger partial charge in [-0.2, -0.15) is 0 Å². The Kier molecular flexibility index (Phi) is 6.34. The van der Waals surface area contributed by atoms with E-state index in [1.807, 2.05) is 13.8 Å². The Hall–Kier alpha value is -2.11. The second-order valence-electron chi connectivity index (χ2n) is 5.25. The van der Waals surface area contributed by atoms with Crippen molar-refractivity contribution in [2.45, 2.75) is 45.1 Å². The molecular weight excluding hydrogens is 289 g/mol. The number of nitrogens with one attached hydrogen (secondary N) is 1. The standard InChI is InChI=1S/C16H22FNO4/c1-4-16(5-2,10-15(20)21)18-14(19)9-11-6-7-13(22-3)12(17)8-11/h6-8H,4-5,9-10H2,1-3H3,(H,18,19)(H,20,21). The number of amides is 1. The van der Waals surface area contributed by atoms with Crippen molar-refractivity contribution in [3.63, 3.8) is 0 Å². The number of carbonyl (C=O) groups excluding carboxylic acids is 1. The number of benzene rings is 1. The van der Waals surface area contributed by atoms with Crippen LogP contribution >= 0.6 is 0 Å². The van der Waals surface area contributed by atoms with Crippen LogP contribution in [-0.2, 0) is 16.0 Å². The molecule has 0 atom stereocenters. The number of carboxylic acid groups (broad SMARTS) is 1. The SMILES string of the molecule is CCC(CC)(CC(=O)O)NC(=O)Cc1ccc(OC)c(F)c1. The van der Waals surface area contributed by atoms with E-state index in [-0.39, 0.29) is 24.5 Å². The Balaban J connectivity index is 2.79. The van der Waals surface area contributed by atoms with E-state index in [1.165, 1.54) is 19.2 Å². The molecule has 22 heavy (non-hydrogen) atoms. The van der Waals surface area contributed by atoms with Crippen molar-refractivity contribution in [1.29, 1.82) is 0 Å². The zero-order chi connectivity index (χ0) is 16.8. The van der Waals surface area contributed by atoms with Crippen LogP contribution in [0.5, 0.6) is 5.75 Å². The van der Waals surface area contributed by atoms with Crippen LogP contribution in [-0.4, -0.2) is 29.6 Å². The molecule has 5 nitrogen and oxygen atoms in total. The molecule has 0 spiro atoms. The van der Waals surface area contributed by atoms with Crippen molar-refractivity contribution >= 4 is 11.9 Å². The van der Waals surface area contributed by atoms with Crippen LogP contribution in [0.25, 0.3) is 0 Å². The maximum absolute atomic E-state index is 13.6. The molecule has 0 aliphatic heterocycles. The van der Waals surface area contributed by atoms with Crippen LogP contribution in [0.3, 0.4) is 0 Å². The molecule has 1 aromatic carbocycles. The number of ether oxygens (including phenoxy) is 1. The summed E-state index contributed by atoms with van der Waals surface area (Å²) < 4.78 is 18.4. The van der Waals surface area contributed by atoms with Gasteiger partial charge in [-0.25, -0.2) is 4.39 Å². The first-order chi connectivity index (χ1) is 10.4. The summed E-state index contributed by atoms with van der Waals surface area (Å²) in [6, 6.07) is 4.32. The van der Waals surface area contributed by atoms with E-state index in [0.717, 1.165) is 0 Å². The molecule has 6 heteroatoms. The number of carbonyl (C=O) groups is 2. The summed E-state index contributed by atoms with van der Waals surface area (Å²) in [5, 5.41) is 11.8. The lowest BCUT2D eigenvalue weighted by molar-refractivity contribution is -0.139. The molecule has 0 unspecified atom stereocenters. The molecule has 1 rings (SSSR count). The van der Waals surface area contributed by atoms with Gasteiger partial charge >= 0.3 is 5.97 Å². The van der Waals surface area contributed by atoms with E-state index in [9.17, 15) is 14.0 Å². The first kappa shape index (κ1) is 17.9. The van der Waals surface area contributed by atoms with Gasteiger partial charge in [0.2, 0.25) is 5.91 Å². The Bertz CT molecular complexity index is 541. The van der Waals surface area contributed by atoms with Gasteiger partial charge in [0.15, 0.2) is 11.6 Å². The molecule has 122 valence electrons. The van der Waals surface area contributed by atoms with Crippen LogP contribution in [0.4, 0.5) is 4.39 Å². The van der Waals surface area contributed by atoms with Crippen molar-refractivity contribution in [1.82, 2.24) is 5.32 Å². The van der Waals surface area contributed by atoms with Crippen LogP contribution in [0, 0.1) is 5.82 Å². The van der Waals surface area contributed by atoms with Gasteiger partial charge in [0.05, 0.1) is 20.0 Å². The molecule has 0 aliphatic rings. The van der Waals surface area contributed by atoms with Crippen molar-refractivity contribution in [3.05, 3.63) is 29.6 Å². The molecule has 0 saturated heterocycles. The summed E-state index contributed by atoms with van der Waals surface area (Å²) >= 11 is 0. The third kappa shape index (κ3) is 4.72. The average molecular weight is 311 g/mol. The van der Waals surface area contributed by atoms with Crippen LogP contribution < -0.4 is 10.1 Å². The Morgan fingerprint density at radius 1 is 1.32 bits per heavy atom. The highest BCUT2D eigenvalue weighted by atomic mass is 19.1. The van der Waals surface area contributed by atoms with E-state index < -0.39 is 17.3 Å². The number of methoxy groups -OCH3 is 1. The third-order valence-electron chi connectivity index (χ3n) is 3.83. The molecule has 2 N–H and O–H groups in total. The van der Waals surface area contributed by atoms with Gasteiger partial charge < -0.3 is 15.2 Å². The average Bonchev–Trinajstić information content (AvgIpc) is 2.46. The van der Waals surface area contributed by atoms with Crippen LogP contribution in [0.2, 0.25) is 0 Å². The lowest BCUT2D eigenvalue weighted by Gasteiger charge is -2.31. The topological polar surface area (TPSA) is 75.6 Å². The summed E-state index contributed by atoms with van der Waals surface area (Å²) in [7, 11) is 1.37. The first-order valence-electron chi connectivity index (χ1n) is 7.21. The minimum atomic E-state index is -0.959. The number of rotatable bonds is 8. The number of halogens is 1. The zero-order valence-electron chi connectivity index (χ0n) is 13.1. The highest BCUT2D eigenvalue weighted by molar-refractivity contribution is 5.80. The van der Waals surface area contributed by atoms with Gasteiger partial charge in [-0.15, -0.1) is 0 Å². The highest BCUT2D eigenvalue weighted by Gasteiger charge is 2.30. The largest absolute Gasteiger partial charge is 0.494 e. The molecule has 0 radical (unpaired) electrons. The van der Waals surface area contributed by atoms with Crippen LogP contribution in [0.15, 0.2) is 18.2 Å². The first-order valence-corrected chi connectivity index (χ1v) is 7.21. The fourth-order valence-electron chi connectivity index (χ4n) is 2.36. The minimum absolute atomic E-state index is 0.0116. The number of carboxylic acids is 1. The van der Waals surface area contributed by atoms with E-state index >= 15 is 0 Å². The summed E-state index contributed by atoms with van der Waals surface area (Å²) in [5.74, 6) is -1.70. The van der Waals surface area contributed by atoms with E-state index in [0.29, 0.717) is 18.4 Å². The van der Waals surface area contributed by atoms with Crippen LogP contribution in [0.1, 0.15) is 38.7 Å². The number of hydrogen-bond donors (Lipinski definition) is 2. The molecule has 0 aliphatic carbocycles. The van der Waals surface area contributed by atoms with E-state index in [4.69, 9.17) is 9.84 Å². The van der Waals surface area contributed by atoms with E-state index in [2.05, 4.69) is 5.32 Å². The van der Waals surface area contributed by atoms with Gasteiger partial charge in [0.25, 0.3) is 0 Å². The Morgan fingerprint density at radius 3 is 2.41 bits per heavy atom. The van der Waals surface area contributed by atoms with Gasteiger partial charge in [-0.1, -0.05) is 19.9 Å². The quantitative estimate of drug-likeness (QED) is 0.773. The fraction of sp³-hybridized carbons (Fsp3) is 0.500. The second-order valence-corrected chi connectivity index (χ2v) is 5.25. The molecule has 0 bridgehead atoms. The smallest absolute Gasteiger partial charge is 0.305 e. The summed E-state index contributed by atoms with van der Waals surface area (Å²) in [5.41, 5.74) is -0.263. The molecule has 0 heterocycles. The predicted octanol–water partition coefficient (Wildman–Crippen LogP) is 2.53. The minimum Gasteiger partial charge on any atom is -0.494 e. The Morgan fingerprint density at radius 2 is 1.95 bits per heavy atom. The van der Waals surface area contributed by atoms with E-state index in [1.54, 1.807) is 6.07 Å². The molecular formula is C16H22FNO4. The van der Waals surface area contributed by atoms with Crippen molar-refractivity contribution < 1.29 is 23.8 Å². The number of hydrogen-bond acceptors (Lipinski definition) is 3. The molecule has 0 aromatic heterocycles. The predicted molar refractivity (Wildman–Crippen MR) is 80.4 cm³/mol. The second kappa shape index (κ2) is 7.77.